The maximum absolute atomic E-state index is 11.3. The van der Waals surface area contributed by atoms with E-state index in [4.69, 9.17) is 0 Å². The van der Waals surface area contributed by atoms with Crippen LogP contribution in [0.2, 0.25) is 0 Å². The molecule has 17 heavy (non-hydrogen) atoms. The second kappa shape index (κ2) is 6.32. The lowest BCUT2D eigenvalue weighted by molar-refractivity contribution is -0.144. The van der Waals surface area contributed by atoms with Crippen molar-refractivity contribution in [1.82, 2.24) is 15.5 Å². The molecule has 0 aliphatic carbocycles. The Hall–Kier alpha value is -0.660. The van der Waals surface area contributed by atoms with Crippen molar-refractivity contribution in [3.8, 4) is 0 Å². The zero-order chi connectivity index (χ0) is 12.9. The van der Waals surface area contributed by atoms with Gasteiger partial charge in [-0.05, 0) is 27.2 Å². The Labute approximate surface area is 109 Å². The van der Waals surface area contributed by atoms with E-state index < -0.39 is 11.5 Å². The number of hydrogen-bond donors (Lipinski definition) is 2. The van der Waals surface area contributed by atoms with Gasteiger partial charge >= 0.3 is 5.97 Å². The summed E-state index contributed by atoms with van der Waals surface area (Å²) in [6.45, 7) is 5.61. The zero-order valence-electron chi connectivity index (χ0n) is 10.1. The summed E-state index contributed by atoms with van der Waals surface area (Å²) < 4.78 is 0.877. The molecule has 1 aromatic heterocycles. The Kier molecular flexibility index (Phi) is 5.35. The quantitative estimate of drug-likeness (QED) is 0.740. The molecule has 0 aliphatic rings. The van der Waals surface area contributed by atoms with E-state index in [0.29, 0.717) is 12.2 Å². The lowest BCUT2D eigenvalue weighted by Crippen LogP contribution is -2.52. The molecule has 5 nitrogen and oxygen atoms in total. The molecule has 0 aliphatic heterocycles. The number of nitrogens with zero attached hydrogens (tertiary/aromatic N) is 2. The Bertz CT molecular complexity index is 356. The molecule has 1 rings (SSSR count). The number of hydrogen-bond acceptors (Lipinski definition) is 6. The summed E-state index contributed by atoms with van der Waals surface area (Å²) in [5.74, 6) is -0.110. The van der Waals surface area contributed by atoms with Crippen molar-refractivity contribution in [2.24, 2.45) is 0 Å². The summed E-state index contributed by atoms with van der Waals surface area (Å²) in [6, 6.07) is 0.141. The van der Waals surface area contributed by atoms with Crippen LogP contribution < -0.4 is 5.32 Å². The number of aromatic nitrogens is 2. The number of thioether (sulfide) groups is 1. The van der Waals surface area contributed by atoms with E-state index >= 15 is 0 Å². The Morgan fingerprint density at radius 2 is 2.41 bits per heavy atom. The van der Waals surface area contributed by atoms with Crippen LogP contribution in [0.3, 0.4) is 0 Å². The van der Waals surface area contributed by atoms with Crippen LogP contribution in [-0.2, 0) is 4.79 Å². The first-order valence-corrected chi connectivity index (χ1v) is 7.20. The summed E-state index contributed by atoms with van der Waals surface area (Å²) in [5, 5.41) is 20.0. The fourth-order valence-electron chi connectivity index (χ4n) is 1.45. The average molecular weight is 275 g/mol. The fourth-order valence-corrected chi connectivity index (χ4v) is 3.17. The minimum Gasteiger partial charge on any atom is -0.480 e. The van der Waals surface area contributed by atoms with Gasteiger partial charge in [0.25, 0.3) is 0 Å². The topological polar surface area (TPSA) is 75.1 Å². The normalized spacial score (nSPS) is 14.8. The first-order chi connectivity index (χ1) is 7.94. The zero-order valence-corrected chi connectivity index (χ0v) is 11.8. The van der Waals surface area contributed by atoms with Gasteiger partial charge in [-0.2, -0.15) is 0 Å². The fraction of sp³-hybridized carbons (Fsp3) is 0.700. The number of rotatable bonds is 7. The smallest absolute Gasteiger partial charge is 0.323 e. The highest BCUT2D eigenvalue weighted by atomic mass is 32.2. The van der Waals surface area contributed by atoms with E-state index in [-0.39, 0.29) is 6.04 Å². The molecule has 0 radical (unpaired) electrons. The van der Waals surface area contributed by atoms with Gasteiger partial charge < -0.3 is 5.11 Å². The van der Waals surface area contributed by atoms with Gasteiger partial charge in [0.15, 0.2) is 4.34 Å². The van der Waals surface area contributed by atoms with Crippen LogP contribution in [0.4, 0.5) is 0 Å². The highest BCUT2D eigenvalue weighted by Gasteiger charge is 2.32. The molecule has 7 heteroatoms. The highest BCUT2D eigenvalue weighted by molar-refractivity contribution is 8.00. The summed E-state index contributed by atoms with van der Waals surface area (Å²) >= 11 is 3.01. The van der Waals surface area contributed by atoms with Crippen LogP contribution in [0.15, 0.2) is 9.85 Å². The van der Waals surface area contributed by atoms with E-state index in [1.807, 2.05) is 13.8 Å². The predicted molar refractivity (Wildman–Crippen MR) is 69.6 cm³/mol. The van der Waals surface area contributed by atoms with Gasteiger partial charge in [0.05, 0.1) is 0 Å². The molecule has 0 fully saturated rings. The predicted octanol–water partition coefficient (Wildman–Crippen LogP) is 1.86. The van der Waals surface area contributed by atoms with Crippen LogP contribution in [0.25, 0.3) is 0 Å². The maximum Gasteiger partial charge on any atom is 0.323 e. The van der Waals surface area contributed by atoms with E-state index in [0.717, 1.165) is 4.34 Å². The van der Waals surface area contributed by atoms with Gasteiger partial charge in [0.2, 0.25) is 0 Å². The Balaban J connectivity index is 2.47. The molecule has 1 aromatic rings. The monoisotopic (exact) mass is 275 g/mol. The van der Waals surface area contributed by atoms with Crippen molar-refractivity contribution >= 4 is 29.1 Å². The minimum absolute atomic E-state index is 0.141. The molecule has 0 amide bonds. The summed E-state index contributed by atoms with van der Waals surface area (Å²) in [4.78, 5) is 11.3. The van der Waals surface area contributed by atoms with E-state index in [1.54, 1.807) is 24.2 Å². The third-order valence-electron chi connectivity index (χ3n) is 2.25. The Morgan fingerprint density at radius 3 is 2.88 bits per heavy atom. The number of carboxylic acids is 1. The van der Waals surface area contributed by atoms with E-state index in [1.165, 1.54) is 11.3 Å². The second-order valence-electron chi connectivity index (χ2n) is 4.24. The number of nitrogens with one attached hydrogen (secondary N) is 1. The lowest BCUT2D eigenvalue weighted by Gasteiger charge is -2.28. The molecule has 0 saturated heterocycles. The van der Waals surface area contributed by atoms with Crippen LogP contribution in [0.1, 0.15) is 27.2 Å². The molecule has 1 atom stereocenters. The Morgan fingerprint density at radius 1 is 1.71 bits per heavy atom. The highest BCUT2D eigenvalue weighted by Crippen LogP contribution is 2.23. The van der Waals surface area contributed by atoms with Crippen molar-refractivity contribution in [3.63, 3.8) is 0 Å². The molecule has 2 N–H and O–H groups in total. The molecule has 0 bridgehead atoms. The minimum atomic E-state index is -0.883. The van der Waals surface area contributed by atoms with Crippen molar-refractivity contribution in [2.45, 2.75) is 43.1 Å². The van der Waals surface area contributed by atoms with Crippen LogP contribution in [0.5, 0.6) is 0 Å². The first kappa shape index (κ1) is 14.4. The molecule has 1 heterocycles. The van der Waals surface area contributed by atoms with Crippen molar-refractivity contribution in [2.75, 3.05) is 5.75 Å². The molecule has 96 valence electrons. The summed E-state index contributed by atoms with van der Waals surface area (Å²) in [5.41, 5.74) is 0.789. The SMILES string of the molecule is CC(C)NC(C)(CCSc1nncs1)C(=O)O. The van der Waals surface area contributed by atoms with Gasteiger partial charge in [-0.3, -0.25) is 10.1 Å². The molecular formula is C10H17N3O2S2. The van der Waals surface area contributed by atoms with Crippen LogP contribution in [0, 0.1) is 0 Å². The number of carbonyl (C=O) groups is 1. The van der Waals surface area contributed by atoms with Gasteiger partial charge in [-0.1, -0.05) is 23.1 Å². The van der Waals surface area contributed by atoms with Gasteiger partial charge in [-0.25, -0.2) is 0 Å². The standard InChI is InChI=1S/C10H17N3O2S2/c1-7(2)12-10(3,8(14)15)4-5-16-9-13-11-6-17-9/h6-7,12H,4-5H2,1-3H3,(H,14,15). The molecular weight excluding hydrogens is 258 g/mol. The third kappa shape index (κ3) is 4.61. The molecule has 0 spiro atoms. The summed E-state index contributed by atoms with van der Waals surface area (Å²) in [7, 11) is 0. The van der Waals surface area contributed by atoms with E-state index in [9.17, 15) is 9.90 Å². The van der Waals surface area contributed by atoms with Crippen molar-refractivity contribution < 1.29 is 9.90 Å². The third-order valence-corrected chi connectivity index (χ3v) is 4.11. The average Bonchev–Trinajstić information content (AvgIpc) is 2.69. The molecule has 0 saturated carbocycles. The molecule has 0 aromatic carbocycles. The van der Waals surface area contributed by atoms with Gasteiger partial charge in [0, 0.05) is 11.8 Å². The van der Waals surface area contributed by atoms with E-state index in [2.05, 4.69) is 15.5 Å². The number of carboxylic acid groups (broad SMARTS) is 1. The maximum atomic E-state index is 11.3. The van der Waals surface area contributed by atoms with Crippen LogP contribution >= 0.6 is 23.1 Å². The van der Waals surface area contributed by atoms with Gasteiger partial charge in [0.1, 0.15) is 11.0 Å². The van der Waals surface area contributed by atoms with Gasteiger partial charge in [-0.15, -0.1) is 10.2 Å². The van der Waals surface area contributed by atoms with Crippen molar-refractivity contribution in [3.05, 3.63) is 5.51 Å². The largest absolute Gasteiger partial charge is 0.480 e. The molecule has 1 unspecified atom stereocenters. The summed E-state index contributed by atoms with van der Waals surface area (Å²) in [6.07, 6.45) is 0.546. The first-order valence-electron chi connectivity index (χ1n) is 5.34. The van der Waals surface area contributed by atoms with Crippen LogP contribution in [-0.4, -0.2) is 38.6 Å². The van der Waals surface area contributed by atoms with Crippen molar-refractivity contribution in [1.29, 1.82) is 0 Å². The lowest BCUT2D eigenvalue weighted by atomic mass is 9.98. The second-order valence-corrected chi connectivity index (χ2v) is 6.41. The number of aliphatic carboxylic acids is 1.